The van der Waals surface area contributed by atoms with Crippen LogP contribution in [0.1, 0.15) is 16.0 Å². The molecular formula is C13H7BrClF3. The molecular weight excluding hydrogens is 328 g/mol. The van der Waals surface area contributed by atoms with Crippen LogP contribution in [0, 0.1) is 17.5 Å². The van der Waals surface area contributed by atoms with E-state index in [1.165, 1.54) is 18.2 Å². The monoisotopic (exact) mass is 334 g/mol. The van der Waals surface area contributed by atoms with E-state index in [-0.39, 0.29) is 5.02 Å². The number of rotatable bonds is 2. The lowest BCUT2D eigenvalue weighted by Crippen LogP contribution is -1.97. The molecule has 0 nitrogen and oxygen atoms in total. The molecule has 18 heavy (non-hydrogen) atoms. The van der Waals surface area contributed by atoms with E-state index in [0.29, 0.717) is 11.1 Å². The molecule has 2 aromatic rings. The Balaban J connectivity index is 2.44. The van der Waals surface area contributed by atoms with E-state index in [2.05, 4.69) is 15.9 Å². The average molecular weight is 336 g/mol. The first-order valence-corrected chi connectivity index (χ1v) is 6.33. The topological polar surface area (TPSA) is 0 Å². The zero-order valence-electron chi connectivity index (χ0n) is 8.93. The summed E-state index contributed by atoms with van der Waals surface area (Å²) in [6.45, 7) is 0. The second-order valence-electron chi connectivity index (χ2n) is 3.68. The summed E-state index contributed by atoms with van der Waals surface area (Å²) in [7, 11) is 0. The Morgan fingerprint density at radius 3 is 2.33 bits per heavy atom. The van der Waals surface area contributed by atoms with Crippen LogP contribution >= 0.6 is 27.5 Å². The van der Waals surface area contributed by atoms with E-state index in [1.807, 2.05) is 0 Å². The standard InChI is InChI=1S/C13H7BrClF3/c14-12(7-4-5-9(16)11(18)6-7)8-2-1-3-10(17)13(8)15/h1-6,12H. The maximum atomic E-state index is 13.3. The van der Waals surface area contributed by atoms with Gasteiger partial charge in [-0.1, -0.05) is 45.7 Å². The van der Waals surface area contributed by atoms with Gasteiger partial charge in [0, 0.05) is 0 Å². The van der Waals surface area contributed by atoms with Gasteiger partial charge in [-0.2, -0.15) is 0 Å². The van der Waals surface area contributed by atoms with Gasteiger partial charge < -0.3 is 0 Å². The molecule has 0 bridgehead atoms. The summed E-state index contributed by atoms with van der Waals surface area (Å²) in [5, 5.41) is -0.0379. The second kappa shape index (κ2) is 5.33. The van der Waals surface area contributed by atoms with E-state index >= 15 is 0 Å². The van der Waals surface area contributed by atoms with Gasteiger partial charge in [-0.25, -0.2) is 13.2 Å². The van der Waals surface area contributed by atoms with Gasteiger partial charge in [0.2, 0.25) is 0 Å². The Morgan fingerprint density at radius 2 is 1.67 bits per heavy atom. The third-order valence-electron chi connectivity index (χ3n) is 2.49. The first-order valence-electron chi connectivity index (χ1n) is 5.03. The van der Waals surface area contributed by atoms with Crippen molar-refractivity contribution in [3.05, 3.63) is 70.0 Å². The molecule has 0 N–H and O–H groups in total. The third-order valence-corrected chi connectivity index (χ3v) is 3.91. The molecule has 1 atom stereocenters. The molecule has 5 heteroatoms. The lowest BCUT2D eigenvalue weighted by molar-refractivity contribution is 0.507. The first-order chi connectivity index (χ1) is 8.50. The van der Waals surface area contributed by atoms with Gasteiger partial charge >= 0.3 is 0 Å². The number of hydrogen-bond acceptors (Lipinski definition) is 0. The molecule has 0 amide bonds. The van der Waals surface area contributed by atoms with Crippen LogP contribution in [0.2, 0.25) is 5.02 Å². The van der Waals surface area contributed by atoms with E-state index < -0.39 is 22.3 Å². The van der Waals surface area contributed by atoms with Crippen molar-refractivity contribution in [1.29, 1.82) is 0 Å². The molecule has 0 radical (unpaired) electrons. The first kappa shape index (κ1) is 13.4. The van der Waals surface area contributed by atoms with Crippen LogP contribution in [0.3, 0.4) is 0 Å². The van der Waals surface area contributed by atoms with Crippen LogP contribution in [0.25, 0.3) is 0 Å². The van der Waals surface area contributed by atoms with E-state index in [4.69, 9.17) is 11.6 Å². The van der Waals surface area contributed by atoms with Crippen molar-refractivity contribution in [3.8, 4) is 0 Å². The zero-order chi connectivity index (χ0) is 13.3. The highest BCUT2D eigenvalue weighted by atomic mass is 79.9. The molecule has 1 unspecified atom stereocenters. The van der Waals surface area contributed by atoms with E-state index in [1.54, 1.807) is 6.07 Å². The fourth-order valence-electron chi connectivity index (χ4n) is 1.57. The molecule has 0 aliphatic rings. The maximum Gasteiger partial charge on any atom is 0.159 e. The number of alkyl halides is 1. The Labute approximate surface area is 116 Å². The molecule has 0 aliphatic carbocycles. The van der Waals surface area contributed by atoms with Crippen molar-refractivity contribution in [2.75, 3.05) is 0 Å². The summed E-state index contributed by atoms with van der Waals surface area (Å²) >= 11 is 9.13. The van der Waals surface area contributed by atoms with Crippen LogP contribution < -0.4 is 0 Å². The minimum atomic E-state index is -0.954. The molecule has 94 valence electrons. The van der Waals surface area contributed by atoms with Gasteiger partial charge in [0.1, 0.15) is 5.82 Å². The average Bonchev–Trinajstić information content (AvgIpc) is 2.35. The third kappa shape index (κ3) is 2.54. The zero-order valence-corrected chi connectivity index (χ0v) is 11.3. The van der Waals surface area contributed by atoms with Crippen LogP contribution in [0.15, 0.2) is 36.4 Å². The Kier molecular flexibility index (Phi) is 3.97. The fraction of sp³-hybridized carbons (Fsp3) is 0.0769. The Morgan fingerprint density at radius 1 is 0.944 bits per heavy atom. The maximum absolute atomic E-state index is 13.3. The summed E-state index contributed by atoms with van der Waals surface area (Å²) in [5.74, 6) is -2.44. The predicted molar refractivity (Wildman–Crippen MR) is 68.5 cm³/mol. The van der Waals surface area contributed by atoms with Crippen molar-refractivity contribution in [3.63, 3.8) is 0 Å². The van der Waals surface area contributed by atoms with Crippen molar-refractivity contribution < 1.29 is 13.2 Å². The minimum absolute atomic E-state index is 0.0379. The predicted octanol–water partition coefficient (Wildman–Crippen LogP) is 5.24. The van der Waals surface area contributed by atoms with Crippen molar-refractivity contribution in [2.24, 2.45) is 0 Å². The number of halogens is 5. The highest BCUT2D eigenvalue weighted by Gasteiger charge is 2.17. The molecule has 0 spiro atoms. The van der Waals surface area contributed by atoms with Gasteiger partial charge in [-0.15, -0.1) is 0 Å². The van der Waals surface area contributed by atoms with Crippen molar-refractivity contribution >= 4 is 27.5 Å². The van der Waals surface area contributed by atoms with Gasteiger partial charge in [0.15, 0.2) is 11.6 Å². The van der Waals surface area contributed by atoms with Gasteiger partial charge in [-0.3, -0.25) is 0 Å². The molecule has 0 heterocycles. The largest absolute Gasteiger partial charge is 0.205 e. The Bertz CT molecular complexity index is 586. The summed E-state index contributed by atoms with van der Waals surface area (Å²) in [5.41, 5.74) is 0.920. The molecule has 0 saturated heterocycles. The fourth-order valence-corrected chi connectivity index (χ4v) is 2.60. The molecule has 0 saturated carbocycles. The van der Waals surface area contributed by atoms with Crippen molar-refractivity contribution in [2.45, 2.75) is 4.83 Å². The summed E-state index contributed by atoms with van der Waals surface area (Å²) in [6.07, 6.45) is 0. The lowest BCUT2D eigenvalue weighted by atomic mass is 10.0. The minimum Gasteiger partial charge on any atom is -0.205 e. The van der Waals surface area contributed by atoms with Crippen LogP contribution in [0.4, 0.5) is 13.2 Å². The highest BCUT2D eigenvalue weighted by molar-refractivity contribution is 9.09. The number of hydrogen-bond donors (Lipinski definition) is 0. The molecule has 0 aliphatic heterocycles. The van der Waals surface area contributed by atoms with Crippen LogP contribution in [0.5, 0.6) is 0 Å². The molecule has 0 fully saturated rings. The van der Waals surface area contributed by atoms with Crippen molar-refractivity contribution in [1.82, 2.24) is 0 Å². The normalized spacial score (nSPS) is 12.5. The summed E-state index contributed by atoms with van der Waals surface area (Å²) in [4.78, 5) is -0.504. The molecule has 2 aromatic carbocycles. The Hall–Kier alpha value is -1.00. The second-order valence-corrected chi connectivity index (χ2v) is 4.97. The number of benzene rings is 2. The quantitative estimate of drug-likeness (QED) is 0.658. The summed E-state index contributed by atoms with van der Waals surface area (Å²) in [6, 6.07) is 7.84. The summed E-state index contributed by atoms with van der Waals surface area (Å²) < 4.78 is 39.3. The van der Waals surface area contributed by atoms with Gasteiger partial charge in [0.25, 0.3) is 0 Å². The highest BCUT2D eigenvalue weighted by Crippen LogP contribution is 2.36. The molecule has 2 rings (SSSR count). The van der Waals surface area contributed by atoms with Crippen LogP contribution in [-0.4, -0.2) is 0 Å². The van der Waals surface area contributed by atoms with E-state index in [9.17, 15) is 13.2 Å². The molecule has 0 aromatic heterocycles. The lowest BCUT2D eigenvalue weighted by Gasteiger charge is -2.13. The van der Waals surface area contributed by atoms with E-state index in [0.717, 1.165) is 12.1 Å². The smallest absolute Gasteiger partial charge is 0.159 e. The SMILES string of the molecule is Fc1ccc(C(Br)c2cccc(F)c2Cl)cc1F. The van der Waals surface area contributed by atoms with Crippen LogP contribution in [-0.2, 0) is 0 Å². The van der Waals surface area contributed by atoms with Gasteiger partial charge in [0.05, 0.1) is 9.85 Å². The van der Waals surface area contributed by atoms with Gasteiger partial charge in [-0.05, 0) is 29.3 Å².